The van der Waals surface area contributed by atoms with Crippen LogP contribution in [0.25, 0.3) is 0 Å². The summed E-state index contributed by atoms with van der Waals surface area (Å²) in [5, 5.41) is 10.3. The van der Waals surface area contributed by atoms with E-state index in [4.69, 9.17) is 16.3 Å². The van der Waals surface area contributed by atoms with Gasteiger partial charge in [-0.05, 0) is 43.4 Å². The average Bonchev–Trinajstić information content (AvgIpc) is 2.96. The van der Waals surface area contributed by atoms with E-state index in [-0.39, 0.29) is 5.60 Å². The van der Waals surface area contributed by atoms with E-state index >= 15 is 0 Å². The molecule has 1 aromatic rings. The van der Waals surface area contributed by atoms with E-state index in [1.165, 1.54) is 0 Å². The molecule has 0 amide bonds. The van der Waals surface area contributed by atoms with Gasteiger partial charge in [0.25, 0.3) is 0 Å². The first-order valence-electron chi connectivity index (χ1n) is 5.18. The van der Waals surface area contributed by atoms with Crippen LogP contribution < -0.4 is 4.74 Å². The summed E-state index contributed by atoms with van der Waals surface area (Å²) in [5.41, 5.74) is 0.781. The topological polar surface area (TPSA) is 29.5 Å². The summed E-state index contributed by atoms with van der Waals surface area (Å²) in [6.45, 7) is 0. The molecule has 82 valence electrons. The molecule has 15 heavy (non-hydrogen) atoms. The molecule has 0 saturated heterocycles. The minimum absolute atomic E-state index is 0.382. The molecule has 1 aliphatic carbocycles. The van der Waals surface area contributed by atoms with Crippen LogP contribution >= 0.6 is 11.6 Å². The summed E-state index contributed by atoms with van der Waals surface area (Å²) in [4.78, 5) is 0. The summed E-state index contributed by atoms with van der Waals surface area (Å²) in [5.74, 6) is 0.706. The van der Waals surface area contributed by atoms with Crippen LogP contribution in [0.2, 0.25) is 5.02 Å². The third-order valence-electron chi connectivity index (χ3n) is 2.92. The molecule has 0 bridgehead atoms. The number of aryl methyl sites for hydroxylation is 1. The van der Waals surface area contributed by atoms with Crippen molar-refractivity contribution in [3.8, 4) is 5.75 Å². The van der Waals surface area contributed by atoms with Crippen LogP contribution in [-0.2, 0) is 6.42 Å². The molecule has 1 fully saturated rings. The molecule has 1 N–H and O–H groups in total. The number of rotatable bonds is 4. The molecule has 0 radical (unpaired) electrons. The lowest BCUT2D eigenvalue weighted by molar-refractivity contribution is 0.140. The van der Waals surface area contributed by atoms with Crippen molar-refractivity contribution >= 4 is 11.6 Å². The van der Waals surface area contributed by atoms with Gasteiger partial charge in [0.1, 0.15) is 5.75 Å². The van der Waals surface area contributed by atoms with Crippen molar-refractivity contribution in [1.29, 1.82) is 0 Å². The highest BCUT2D eigenvalue weighted by molar-refractivity contribution is 6.32. The highest BCUT2D eigenvalue weighted by atomic mass is 35.5. The Morgan fingerprint density at radius 1 is 1.47 bits per heavy atom. The third-order valence-corrected chi connectivity index (χ3v) is 3.23. The Labute approximate surface area is 94.8 Å². The van der Waals surface area contributed by atoms with Gasteiger partial charge in [0, 0.05) is 0 Å². The molecular formula is C12H15ClO2. The van der Waals surface area contributed by atoms with Crippen molar-refractivity contribution in [2.24, 2.45) is 0 Å². The fourth-order valence-corrected chi connectivity index (χ4v) is 1.83. The van der Waals surface area contributed by atoms with Crippen molar-refractivity contribution in [3.63, 3.8) is 0 Å². The van der Waals surface area contributed by atoms with E-state index in [1.54, 1.807) is 7.11 Å². The maximum Gasteiger partial charge on any atom is 0.137 e. The number of hydrogen-bond acceptors (Lipinski definition) is 2. The van der Waals surface area contributed by atoms with E-state index in [0.717, 1.165) is 31.2 Å². The van der Waals surface area contributed by atoms with E-state index in [2.05, 4.69) is 0 Å². The van der Waals surface area contributed by atoms with Crippen molar-refractivity contribution in [2.45, 2.75) is 31.3 Å². The standard InChI is InChI=1S/C12H15ClO2/c1-15-11-8-9(2-3-10(11)13)4-5-12(14)6-7-12/h2-3,8,14H,4-7H2,1H3. The summed E-state index contributed by atoms with van der Waals surface area (Å²) in [7, 11) is 1.61. The quantitative estimate of drug-likeness (QED) is 0.856. The van der Waals surface area contributed by atoms with Gasteiger partial charge < -0.3 is 9.84 Å². The van der Waals surface area contributed by atoms with Crippen LogP contribution in [0.1, 0.15) is 24.8 Å². The van der Waals surface area contributed by atoms with Gasteiger partial charge in [-0.25, -0.2) is 0 Å². The summed E-state index contributed by atoms with van der Waals surface area (Å²) >= 11 is 5.92. The Kier molecular flexibility index (Phi) is 2.89. The molecule has 0 heterocycles. The molecule has 0 unspecified atom stereocenters. The lowest BCUT2D eigenvalue weighted by Crippen LogP contribution is -2.07. The maximum absolute atomic E-state index is 9.71. The Morgan fingerprint density at radius 2 is 2.20 bits per heavy atom. The fourth-order valence-electron chi connectivity index (χ4n) is 1.63. The van der Waals surface area contributed by atoms with Crippen molar-refractivity contribution < 1.29 is 9.84 Å². The summed E-state index contributed by atoms with van der Waals surface area (Å²) in [6, 6.07) is 5.76. The lowest BCUT2D eigenvalue weighted by Gasteiger charge is -2.09. The molecule has 0 spiro atoms. The molecule has 0 atom stereocenters. The van der Waals surface area contributed by atoms with Crippen LogP contribution in [0.5, 0.6) is 5.75 Å². The molecule has 0 aromatic heterocycles. The first-order chi connectivity index (χ1) is 7.13. The fraction of sp³-hybridized carbons (Fsp3) is 0.500. The predicted octanol–water partition coefficient (Wildman–Crippen LogP) is 2.81. The molecule has 2 nitrogen and oxygen atoms in total. The van der Waals surface area contributed by atoms with Gasteiger partial charge in [-0.1, -0.05) is 17.7 Å². The second-order valence-corrected chi connectivity index (χ2v) is 4.60. The highest BCUT2D eigenvalue weighted by Gasteiger charge is 2.39. The highest BCUT2D eigenvalue weighted by Crippen LogP contribution is 2.39. The zero-order valence-electron chi connectivity index (χ0n) is 8.79. The molecule has 1 aliphatic rings. The largest absolute Gasteiger partial charge is 0.495 e. The van der Waals surface area contributed by atoms with Crippen LogP contribution in [0, 0.1) is 0 Å². The van der Waals surface area contributed by atoms with Crippen LogP contribution in [0.15, 0.2) is 18.2 Å². The SMILES string of the molecule is COc1cc(CCC2(O)CC2)ccc1Cl. The van der Waals surface area contributed by atoms with Gasteiger partial charge in [0.05, 0.1) is 17.7 Å². The first kappa shape index (κ1) is 10.8. The zero-order valence-corrected chi connectivity index (χ0v) is 9.55. The van der Waals surface area contributed by atoms with Crippen molar-refractivity contribution in [2.75, 3.05) is 7.11 Å². The van der Waals surface area contributed by atoms with E-state index in [1.807, 2.05) is 18.2 Å². The number of ether oxygens (including phenoxy) is 1. The average molecular weight is 227 g/mol. The van der Waals surface area contributed by atoms with E-state index in [0.29, 0.717) is 10.8 Å². The van der Waals surface area contributed by atoms with Gasteiger partial charge in [-0.15, -0.1) is 0 Å². The van der Waals surface area contributed by atoms with Crippen LogP contribution in [-0.4, -0.2) is 17.8 Å². The minimum atomic E-state index is -0.382. The van der Waals surface area contributed by atoms with Gasteiger partial charge in [0.15, 0.2) is 0 Å². The number of hydrogen-bond donors (Lipinski definition) is 1. The summed E-state index contributed by atoms with van der Waals surface area (Å²) in [6.07, 6.45) is 3.59. The maximum atomic E-state index is 9.71. The van der Waals surface area contributed by atoms with Gasteiger partial charge >= 0.3 is 0 Å². The number of aliphatic hydroxyl groups is 1. The Balaban J connectivity index is 2.01. The Hall–Kier alpha value is -0.730. The number of benzene rings is 1. The van der Waals surface area contributed by atoms with Crippen LogP contribution in [0.3, 0.4) is 0 Å². The normalized spacial score (nSPS) is 17.5. The molecule has 0 aliphatic heterocycles. The molecule has 3 heteroatoms. The minimum Gasteiger partial charge on any atom is -0.495 e. The summed E-state index contributed by atoms with van der Waals surface area (Å²) < 4.78 is 5.14. The number of halogens is 1. The lowest BCUT2D eigenvalue weighted by atomic mass is 10.1. The van der Waals surface area contributed by atoms with Gasteiger partial charge in [-0.2, -0.15) is 0 Å². The number of methoxy groups -OCH3 is 1. The van der Waals surface area contributed by atoms with Crippen molar-refractivity contribution in [3.05, 3.63) is 28.8 Å². The van der Waals surface area contributed by atoms with E-state index in [9.17, 15) is 5.11 Å². The molecule has 1 saturated carbocycles. The smallest absolute Gasteiger partial charge is 0.137 e. The molecular weight excluding hydrogens is 212 g/mol. The van der Waals surface area contributed by atoms with Gasteiger partial charge in [0.2, 0.25) is 0 Å². The second-order valence-electron chi connectivity index (χ2n) is 4.19. The van der Waals surface area contributed by atoms with Gasteiger partial charge in [-0.3, -0.25) is 0 Å². The Bertz CT molecular complexity index is 359. The monoisotopic (exact) mass is 226 g/mol. The van der Waals surface area contributed by atoms with Crippen LogP contribution in [0.4, 0.5) is 0 Å². The molecule has 2 rings (SSSR count). The second kappa shape index (κ2) is 4.03. The third kappa shape index (κ3) is 2.64. The first-order valence-corrected chi connectivity index (χ1v) is 5.56. The predicted molar refractivity (Wildman–Crippen MR) is 60.5 cm³/mol. The van der Waals surface area contributed by atoms with E-state index < -0.39 is 0 Å². The van der Waals surface area contributed by atoms with Crippen molar-refractivity contribution in [1.82, 2.24) is 0 Å². The molecule has 1 aromatic carbocycles. The Morgan fingerprint density at radius 3 is 2.80 bits per heavy atom. The zero-order chi connectivity index (χ0) is 10.9.